The Labute approximate surface area is 100 Å². The lowest BCUT2D eigenvalue weighted by molar-refractivity contribution is 0.328. The zero-order chi connectivity index (χ0) is 12.3. The topological polar surface area (TPSA) is 61.0 Å². The predicted octanol–water partition coefficient (Wildman–Crippen LogP) is 2.43. The van der Waals surface area contributed by atoms with Crippen molar-refractivity contribution in [1.29, 1.82) is 0 Å². The molecule has 0 saturated carbocycles. The number of hydrogen-bond acceptors (Lipinski definition) is 4. The van der Waals surface area contributed by atoms with Crippen LogP contribution in [0.25, 0.3) is 11.3 Å². The minimum Gasteiger partial charge on any atom is -0.477 e. The molecule has 0 amide bonds. The molecular weight excluding hydrogens is 214 g/mol. The highest BCUT2D eigenvalue weighted by atomic mass is 16.5. The van der Waals surface area contributed by atoms with E-state index in [9.17, 15) is 0 Å². The number of ether oxygens (including phenoxy) is 1. The third-order valence-corrected chi connectivity index (χ3v) is 2.45. The number of anilines is 1. The molecule has 4 heteroatoms. The van der Waals surface area contributed by atoms with E-state index in [0.29, 0.717) is 18.2 Å². The highest BCUT2D eigenvalue weighted by molar-refractivity contribution is 5.66. The van der Waals surface area contributed by atoms with Crippen molar-refractivity contribution in [1.82, 2.24) is 9.97 Å². The number of nitrogens with zero attached hydrogens (tertiary/aromatic N) is 2. The van der Waals surface area contributed by atoms with Crippen LogP contribution in [0.1, 0.15) is 12.6 Å². The van der Waals surface area contributed by atoms with E-state index >= 15 is 0 Å². The summed E-state index contributed by atoms with van der Waals surface area (Å²) in [6.07, 6.45) is 1.71. The summed E-state index contributed by atoms with van der Waals surface area (Å²) in [6, 6.07) is 7.53. The van der Waals surface area contributed by atoms with E-state index in [1.165, 1.54) is 0 Å². The van der Waals surface area contributed by atoms with Gasteiger partial charge in [0.25, 0.3) is 0 Å². The molecule has 0 unspecified atom stereocenters. The molecule has 0 aliphatic carbocycles. The van der Waals surface area contributed by atoms with Gasteiger partial charge in [-0.25, -0.2) is 4.98 Å². The Morgan fingerprint density at radius 3 is 2.82 bits per heavy atom. The number of nitrogen functional groups attached to an aromatic ring is 1. The van der Waals surface area contributed by atoms with Crippen LogP contribution in [0.5, 0.6) is 5.88 Å². The molecule has 0 spiro atoms. The van der Waals surface area contributed by atoms with Gasteiger partial charge in [0.15, 0.2) is 0 Å². The fraction of sp³-hybridized carbons (Fsp3) is 0.231. The molecule has 2 rings (SSSR count). The largest absolute Gasteiger partial charge is 0.477 e. The first-order valence-corrected chi connectivity index (χ1v) is 5.53. The van der Waals surface area contributed by atoms with E-state index in [4.69, 9.17) is 10.5 Å². The summed E-state index contributed by atoms with van der Waals surface area (Å²) in [7, 11) is 0. The molecule has 0 aliphatic rings. The van der Waals surface area contributed by atoms with Crippen LogP contribution in [-0.4, -0.2) is 16.6 Å². The Balaban J connectivity index is 2.48. The second-order valence-electron chi connectivity index (χ2n) is 3.66. The molecule has 0 atom stereocenters. The molecule has 17 heavy (non-hydrogen) atoms. The van der Waals surface area contributed by atoms with Gasteiger partial charge in [0.2, 0.25) is 5.88 Å². The lowest BCUT2D eigenvalue weighted by Crippen LogP contribution is -1.99. The quantitative estimate of drug-likeness (QED) is 0.878. The Hall–Kier alpha value is -2.10. The minimum atomic E-state index is 0.581. The Kier molecular flexibility index (Phi) is 3.23. The number of nitrogens with two attached hydrogens (primary N) is 1. The van der Waals surface area contributed by atoms with E-state index < -0.39 is 0 Å². The molecule has 2 aromatic rings. The summed E-state index contributed by atoms with van der Waals surface area (Å²) >= 11 is 0. The fourth-order valence-electron chi connectivity index (χ4n) is 1.56. The van der Waals surface area contributed by atoms with Crippen molar-refractivity contribution in [2.75, 3.05) is 12.3 Å². The number of hydrogen-bond donors (Lipinski definition) is 1. The molecule has 0 saturated heterocycles. The Morgan fingerprint density at radius 1 is 1.29 bits per heavy atom. The summed E-state index contributed by atoms with van der Waals surface area (Å²) in [5.74, 6) is 0.603. The Bertz CT molecular complexity index is 526. The van der Waals surface area contributed by atoms with Crippen molar-refractivity contribution in [2.45, 2.75) is 13.8 Å². The lowest BCUT2D eigenvalue weighted by atomic mass is 10.1. The van der Waals surface area contributed by atoms with Crippen molar-refractivity contribution < 1.29 is 4.74 Å². The summed E-state index contributed by atoms with van der Waals surface area (Å²) in [5.41, 5.74) is 8.97. The fourth-order valence-corrected chi connectivity index (χ4v) is 1.56. The smallest absolute Gasteiger partial charge is 0.222 e. The van der Waals surface area contributed by atoms with Crippen LogP contribution < -0.4 is 10.5 Å². The van der Waals surface area contributed by atoms with Crippen LogP contribution in [-0.2, 0) is 0 Å². The molecule has 0 fully saturated rings. The van der Waals surface area contributed by atoms with Crippen molar-refractivity contribution in [3.8, 4) is 17.1 Å². The zero-order valence-corrected chi connectivity index (χ0v) is 9.97. The highest BCUT2D eigenvalue weighted by Crippen LogP contribution is 2.27. The van der Waals surface area contributed by atoms with Crippen LogP contribution in [0, 0.1) is 6.92 Å². The highest BCUT2D eigenvalue weighted by Gasteiger charge is 2.08. The third-order valence-electron chi connectivity index (χ3n) is 2.45. The van der Waals surface area contributed by atoms with Crippen LogP contribution >= 0.6 is 0 Å². The monoisotopic (exact) mass is 229 g/mol. The third kappa shape index (κ3) is 2.36. The summed E-state index contributed by atoms with van der Waals surface area (Å²) in [6.45, 7) is 4.40. The number of pyridine rings is 2. The average molecular weight is 229 g/mol. The molecule has 2 heterocycles. The van der Waals surface area contributed by atoms with E-state index in [2.05, 4.69) is 9.97 Å². The lowest BCUT2D eigenvalue weighted by Gasteiger charge is -2.09. The minimum absolute atomic E-state index is 0.581. The molecule has 0 radical (unpaired) electrons. The maximum absolute atomic E-state index is 5.75. The van der Waals surface area contributed by atoms with Crippen molar-refractivity contribution >= 4 is 5.69 Å². The molecule has 0 bridgehead atoms. The van der Waals surface area contributed by atoms with Gasteiger partial charge in [0.1, 0.15) is 0 Å². The van der Waals surface area contributed by atoms with E-state index in [1.807, 2.05) is 38.1 Å². The van der Waals surface area contributed by atoms with Crippen LogP contribution in [0.15, 0.2) is 30.5 Å². The van der Waals surface area contributed by atoms with Gasteiger partial charge in [-0.05, 0) is 38.1 Å². The van der Waals surface area contributed by atoms with Crippen molar-refractivity contribution in [3.63, 3.8) is 0 Å². The zero-order valence-electron chi connectivity index (χ0n) is 9.97. The molecule has 88 valence electrons. The summed E-state index contributed by atoms with van der Waals surface area (Å²) < 4.78 is 5.48. The van der Waals surface area contributed by atoms with E-state index in [-0.39, 0.29) is 0 Å². The van der Waals surface area contributed by atoms with Gasteiger partial charge in [-0.1, -0.05) is 0 Å². The number of aryl methyl sites for hydroxylation is 1. The predicted molar refractivity (Wildman–Crippen MR) is 67.8 cm³/mol. The van der Waals surface area contributed by atoms with Crippen molar-refractivity contribution in [2.24, 2.45) is 0 Å². The molecule has 2 aromatic heterocycles. The normalized spacial score (nSPS) is 10.2. The molecule has 4 nitrogen and oxygen atoms in total. The maximum atomic E-state index is 5.75. The number of rotatable bonds is 3. The first-order chi connectivity index (χ1) is 8.22. The first-order valence-electron chi connectivity index (χ1n) is 5.53. The molecular formula is C13H15N3O. The summed E-state index contributed by atoms with van der Waals surface area (Å²) in [5, 5.41) is 0. The van der Waals surface area contributed by atoms with Crippen LogP contribution in [0.4, 0.5) is 5.69 Å². The van der Waals surface area contributed by atoms with Gasteiger partial charge in [-0.2, -0.15) is 0 Å². The van der Waals surface area contributed by atoms with E-state index in [0.717, 1.165) is 17.0 Å². The standard InChI is InChI=1S/C13H15N3O/c1-3-17-13-10(5-4-8-15-13)12-7-6-11(14)9(2)16-12/h4-8H,3,14H2,1-2H3. The van der Waals surface area contributed by atoms with E-state index in [1.54, 1.807) is 6.20 Å². The number of aromatic nitrogens is 2. The van der Waals surface area contributed by atoms with Gasteiger partial charge in [0.05, 0.1) is 29.2 Å². The Morgan fingerprint density at radius 2 is 2.12 bits per heavy atom. The van der Waals surface area contributed by atoms with Gasteiger partial charge in [-0.3, -0.25) is 4.98 Å². The molecule has 2 N–H and O–H groups in total. The van der Waals surface area contributed by atoms with Gasteiger partial charge < -0.3 is 10.5 Å². The second kappa shape index (κ2) is 4.82. The average Bonchev–Trinajstić information content (AvgIpc) is 2.34. The van der Waals surface area contributed by atoms with Crippen LogP contribution in [0.3, 0.4) is 0 Å². The first kappa shape index (κ1) is 11.4. The summed E-state index contributed by atoms with van der Waals surface area (Å²) in [4.78, 5) is 8.64. The maximum Gasteiger partial charge on any atom is 0.222 e. The van der Waals surface area contributed by atoms with Crippen LogP contribution in [0.2, 0.25) is 0 Å². The molecule has 0 aromatic carbocycles. The van der Waals surface area contributed by atoms with Gasteiger partial charge >= 0.3 is 0 Å². The van der Waals surface area contributed by atoms with Gasteiger partial charge in [-0.15, -0.1) is 0 Å². The SMILES string of the molecule is CCOc1ncccc1-c1ccc(N)c(C)n1. The van der Waals surface area contributed by atoms with Gasteiger partial charge in [0, 0.05) is 6.20 Å². The second-order valence-corrected chi connectivity index (χ2v) is 3.66. The van der Waals surface area contributed by atoms with Crippen molar-refractivity contribution in [3.05, 3.63) is 36.2 Å². The molecule has 0 aliphatic heterocycles.